The first-order valence-electron chi connectivity index (χ1n) is 11.4. The van der Waals surface area contributed by atoms with Gasteiger partial charge in [-0.05, 0) is 67.4 Å². The Bertz CT molecular complexity index is 1400. The van der Waals surface area contributed by atoms with E-state index in [0.717, 1.165) is 16.0 Å². The van der Waals surface area contributed by atoms with Gasteiger partial charge in [0.1, 0.15) is 12.3 Å². The standard InChI is InChI=1S/C28H23Cl3N2O4/c1-3-6-18-11-17(12-24-27(34)33(28(35)32-24)22-8-5-7-20(29)14-22)13-25(36-4-2)26(18)37-16-19-9-10-21(30)15-23(19)31/h3,5,7-15H,1,4,6,16H2,2H3,(H,32,35)/b24-12+. The molecule has 0 aromatic heterocycles. The zero-order valence-corrected chi connectivity index (χ0v) is 22.2. The summed E-state index contributed by atoms with van der Waals surface area (Å²) in [5, 5.41) is 4.09. The number of hydrogen-bond acceptors (Lipinski definition) is 4. The number of carbonyl (C=O) groups is 2. The zero-order valence-electron chi connectivity index (χ0n) is 19.9. The molecule has 4 rings (SSSR count). The molecular formula is C28H23Cl3N2O4. The first kappa shape index (κ1) is 26.6. The molecule has 0 bridgehead atoms. The predicted octanol–water partition coefficient (Wildman–Crippen LogP) is 7.45. The Hall–Kier alpha value is -3.45. The lowest BCUT2D eigenvalue weighted by Crippen LogP contribution is -2.30. The normalized spacial score (nSPS) is 14.2. The maximum absolute atomic E-state index is 13.1. The van der Waals surface area contributed by atoms with Crippen molar-refractivity contribution < 1.29 is 19.1 Å². The van der Waals surface area contributed by atoms with Crippen LogP contribution in [0.2, 0.25) is 15.1 Å². The summed E-state index contributed by atoms with van der Waals surface area (Å²) in [5.41, 5.74) is 2.71. The fourth-order valence-corrected chi connectivity index (χ4v) is 4.49. The molecule has 1 N–H and O–H groups in total. The number of halogens is 3. The van der Waals surface area contributed by atoms with Crippen molar-refractivity contribution in [1.82, 2.24) is 5.32 Å². The third-order valence-electron chi connectivity index (χ3n) is 5.46. The van der Waals surface area contributed by atoms with Gasteiger partial charge in [-0.1, -0.05) is 53.0 Å². The minimum Gasteiger partial charge on any atom is -0.490 e. The zero-order chi connectivity index (χ0) is 26.5. The molecule has 37 heavy (non-hydrogen) atoms. The second-order valence-corrected chi connectivity index (χ2v) is 9.35. The molecule has 1 aliphatic heterocycles. The smallest absolute Gasteiger partial charge is 0.333 e. The summed E-state index contributed by atoms with van der Waals surface area (Å²) in [5.74, 6) is 0.535. The Labute approximate surface area is 230 Å². The number of carbonyl (C=O) groups excluding carboxylic acids is 2. The van der Waals surface area contributed by atoms with E-state index < -0.39 is 11.9 Å². The van der Waals surface area contributed by atoms with Crippen LogP contribution in [0.5, 0.6) is 11.5 Å². The van der Waals surface area contributed by atoms with Crippen LogP contribution in [0.3, 0.4) is 0 Å². The van der Waals surface area contributed by atoms with Crippen LogP contribution in [0, 0.1) is 0 Å². The van der Waals surface area contributed by atoms with Crippen molar-refractivity contribution >= 4 is 58.5 Å². The van der Waals surface area contributed by atoms with Gasteiger partial charge in [-0.3, -0.25) is 4.79 Å². The SMILES string of the molecule is C=CCc1cc(/C=C2/NC(=O)N(c3cccc(Cl)c3)C2=O)cc(OCC)c1OCc1ccc(Cl)cc1Cl. The Kier molecular flexibility index (Phi) is 8.44. The molecule has 0 unspecified atom stereocenters. The maximum atomic E-state index is 13.1. The number of ether oxygens (including phenoxy) is 2. The van der Waals surface area contributed by atoms with E-state index >= 15 is 0 Å². The quantitative estimate of drug-likeness (QED) is 0.169. The molecule has 0 radical (unpaired) electrons. The fraction of sp³-hybridized carbons (Fsp3) is 0.143. The summed E-state index contributed by atoms with van der Waals surface area (Å²) in [6.45, 7) is 6.30. The van der Waals surface area contributed by atoms with Gasteiger partial charge in [-0.15, -0.1) is 6.58 Å². The van der Waals surface area contributed by atoms with Gasteiger partial charge in [0.05, 0.1) is 12.3 Å². The molecule has 3 aromatic rings. The van der Waals surface area contributed by atoms with Crippen LogP contribution >= 0.6 is 34.8 Å². The highest BCUT2D eigenvalue weighted by molar-refractivity contribution is 6.35. The van der Waals surface area contributed by atoms with Crippen molar-refractivity contribution in [2.24, 2.45) is 0 Å². The lowest BCUT2D eigenvalue weighted by atomic mass is 10.0. The van der Waals surface area contributed by atoms with Crippen molar-refractivity contribution in [2.45, 2.75) is 20.0 Å². The Morgan fingerprint density at radius 2 is 1.76 bits per heavy atom. The van der Waals surface area contributed by atoms with Crippen molar-refractivity contribution in [3.05, 3.63) is 105 Å². The third-order valence-corrected chi connectivity index (χ3v) is 6.28. The van der Waals surface area contributed by atoms with E-state index in [2.05, 4.69) is 11.9 Å². The number of amides is 3. The molecule has 3 amide bonds. The number of anilines is 1. The molecule has 0 spiro atoms. The van der Waals surface area contributed by atoms with E-state index in [-0.39, 0.29) is 12.3 Å². The molecule has 1 fully saturated rings. The molecule has 1 aliphatic rings. The molecule has 0 saturated carbocycles. The van der Waals surface area contributed by atoms with Gasteiger partial charge in [0.2, 0.25) is 0 Å². The average Bonchev–Trinajstić information content (AvgIpc) is 3.12. The van der Waals surface area contributed by atoms with E-state index in [1.807, 2.05) is 13.0 Å². The average molecular weight is 558 g/mol. The number of hydrogen-bond donors (Lipinski definition) is 1. The monoisotopic (exact) mass is 556 g/mol. The van der Waals surface area contributed by atoms with Crippen LogP contribution in [0.25, 0.3) is 6.08 Å². The molecule has 1 heterocycles. The van der Waals surface area contributed by atoms with Gasteiger partial charge in [0, 0.05) is 26.2 Å². The second-order valence-electron chi connectivity index (χ2n) is 8.07. The first-order valence-corrected chi connectivity index (χ1v) is 12.5. The highest BCUT2D eigenvalue weighted by Crippen LogP contribution is 2.36. The van der Waals surface area contributed by atoms with Gasteiger partial charge < -0.3 is 14.8 Å². The summed E-state index contributed by atoms with van der Waals surface area (Å²) in [4.78, 5) is 26.7. The highest BCUT2D eigenvalue weighted by atomic mass is 35.5. The van der Waals surface area contributed by atoms with Crippen LogP contribution in [0.4, 0.5) is 10.5 Å². The van der Waals surface area contributed by atoms with Crippen LogP contribution in [0.1, 0.15) is 23.6 Å². The van der Waals surface area contributed by atoms with E-state index in [9.17, 15) is 9.59 Å². The summed E-state index contributed by atoms with van der Waals surface area (Å²) in [6, 6.07) is 14.8. The van der Waals surface area contributed by atoms with Crippen LogP contribution in [-0.2, 0) is 17.8 Å². The Morgan fingerprint density at radius 1 is 0.973 bits per heavy atom. The Balaban J connectivity index is 1.67. The lowest BCUT2D eigenvalue weighted by Gasteiger charge is -2.17. The van der Waals surface area contributed by atoms with Crippen molar-refractivity contribution in [3.63, 3.8) is 0 Å². The number of allylic oxidation sites excluding steroid dienone is 1. The number of urea groups is 1. The van der Waals surface area contributed by atoms with Crippen LogP contribution < -0.4 is 19.7 Å². The van der Waals surface area contributed by atoms with Crippen molar-refractivity contribution in [3.8, 4) is 11.5 Å². The largest absolute Gasteiger partial charge is 0.490 e. The number of benzene rings is 3. The van der Waals surface area contributed by atoms with Crippen LogP contribution in [-0.4, -0.2) is 18.5 Å². The molecule has 3 aromatic carbocycles. The van der Waals surface area contributed by atoms with E-state index in [1.54, 1.807) is 60.7 Å². The van der Waals surface area contributed by atoms with Gasteiger partial charge in [0.25, 0.3) is 5.91 Å². The fourth-order valence-electron chi connectivity index (χ4n) is 3.84. The number of rotatable bonds is 9. The van der Waals surface area contributed by atoms with Crippen LogP contribution in [0.15, 0.2) is 72.9 Å². The number of imide groups is 1. The number of nitrogens with zero attached hydrogens (tertiary/aromatic N) is 1. The summed E-state index contributed by atoms with van der Waals surface area (Å²) in [6.07, 6.45) is 3.82. The minimum atomic E-state index is -0.560. The van der Waals surface area contributed by atoms with Gasteiger partial charge in [-0.25, -0.2) is 9.69 Å². The maximum Gasteiger partial charge on any atom is 0.333 e. The van der Waals surface area contributed by atoms with Gasteiger partial charge in [0.15, 0.2) is 11.5 Å². The van der Waals surface area contributed by atoms with Crippen molar-refractivity contribution in [2.75, 3.05) is 11.5 Å². The summed E-state index contributed by atoms with van der Waals surface area (Å²) < 4.78 is 12.0. The second kappa shape index (κ2) is 11.7. The van der Waals surface area contributed by atoms with Gasteiger partial charge in [-0.2, -0.15) is 0 Å². The van der Waals surface area contributed by atoms with Crippen molar-refractivity contribution in [1.29, 1.82) is 0 Å². The number of nitrogens with one attached hydrogen (secondary N) is 1. The molecule has 190 valence electrons. The molecular weight excluding hydrogens is 535 g/mol. The molecule has 0 aliphatic carbocycles. The first-order chi connectivity index (χ1) is 17.8. The lowest BCUT2D eigenvalue weighted by molar-refractivity contribution is -0.113. The topological polar surface area (TPSA) is 67.9 Å². The van der Waals surface area contributed by atoms with E-state index in [1.165, 1.54) is 0 Å². The molecule has 6 nitrogen and oxygen atoms in total. The highest BCUT2D eigenvalue weighted by Gasteiger charge is 2.35. The molecule has 9 heteroatoms. The summed E-state index contributed by atoms with van der Waals surface area (Å²) >= 11 is 18.4. The van der Waals surface area contributed by atoms with E-state index in [4.69, 9.17) is 44.3 Å². The third kappa shape index (κ3) is 6.10. The summed E-state index contributed by atoms with van der Waals surface area (Å²) in [7, 11) is 0. The predicted molar refractivity (Wildman–Crippen MR) is 148 cm³/mol. The molecule has 1 saturated heterocycles. The Morgan fingerprint density at radius 3 is 2.46 bits per heavy atom. The van der Waals surface area contributed by atoms with E-state index in [0.29, 0.717) is 50.8 Å². The minimum absolute atomic E-state index is 0.124. The molecule has 0 atom stereocenters. The van der Waals surface area contributed by atoms with Gasteiger partial charge >= 0.3 is 6.03 Å².